The molecule has 0 aliphatic carbocycles. The fourth-order valence-corrected chi connectivity index (χ4v) is 2.21. The van der Waals surface area contributed by atoms with Crippen LogP contribution in [-0.4, -0.2) is 30.8 Å². The van der Waals surface area contributed by atoms with Crippen molar-refractivity contribution >= 4 is 17.7 Å². The van der Waals surface area contributed by atoms with Crippen LogP contribution in [0, 0.1) is 0 Å². The molecule has 0 aliphatic heterocycles. The average Bonchev–Trinajstić information content (AvgIpc) is 2.67. The predicted molar refractivity (Wildman–Crippen MR) is 109 cm³/mol. The van der Waals surface area contributed by atoms with Crippen molar-refractivity contribution < 1.29 is 14.4 Å². The largest absolute Gasteiger partial charge is 0.370 e. The van der Waals surface area contributed by atoms with E-state index >= 15 is 0 Å². The average molecular weight is 378 g/mol. The molecule has 1 rings (SSSR count). The molecule has 4 N–H and O–H groups in total. The monoisotopic (exact) mass is 377 g/mol. The molecule has 6 heteroatoms. The van der Waals surface area contributed by atoms with E-state index in [1.165, 1.54) is 24.8 Å². The third-order valence-corrected chi connectivity index (χ3v) is 3.88. The molecule has 152 valence electrons. The van der Waals surface area contributed by atoms with Crippen LogP contribution in [0.15, 0.2) is 30.3 Å². The molecule has 0 spiro atoms. The van der Waals surface area contributed by atoms with Gasteiger partial charge in [-0.05, 0) is 18.4 Å². The van der Waals surface area contributed by atoms with Crippen LogP contribution < -0.4 is 16.4 Å². The summed E-state index contributed by atoms with van der Waals surface area (Å²) < 4.78 is 0. The van der Waals surface area contributed by atoms with Crippen LogP contribution in [0.4, 0.5) is 0 Å². The number of unbranched alkanes of at least 4 members (excludes halogenated alkanes) is 4. The summed E-state index contributed by atoms with van der Waals surface area (Å²) in [5.41, 5.74) is 5.85. The quantitative estimate of drug-likeness (QED) is 0.488. The van der Waals surface area contributed by atoms with Gasteiger partial charge in [0.15, 0.2) is 0 Å². The number of hydrogen-bond donors (Lipinski definition) is 3. The lowest BCUT2D eigenvalue weighted by molar-refractivity contribution is -0.126. The minimum atomic E-state index is -0.245. The van der Waals surface area contributed by atoms with E-state index in [-0.39, 0.29) is 24.3 Å². The standard InChI is InChI=1S/C18H28N2O2.C3H7NO/c1-2-3-4-5-9-12-17(21)20-15-18(22)19-14-13-16-10-7-6-8-11-16;1-2-3(4)5/h6-8,10-11H,2-5,9,12-15H2,1H3,(H,19,22)(H,20,21);2H2,1H3,(H2,4,5). The minimum Gasteiger partial charge on any atom is -0.370 e. The Kier molecular flexibility index (Phi) is 15.6. The Balaban J connectivity index is 0.00000119. The Hall–Kier alpha value is -2.37. The van der Waals surface area contributed by atoms with Crippen LogP contribution in [0.1, 0.15) is 64.4 Å². The zero-order valence-electron chi connectivity index (χ0n) is 16.8. The van der Waals surface area contributed by atoms with E-state index in [1.807, 2.05) is 30.3 Å². The van der Waals surface area contributed by atoms with Gasteiger partial charge in [-0.15, -0.1) is 0 Å². The van der Waals surface area contributed by atoms with Gasteiger partial charge in [0.05, 0.1) is 6.54 Å². The second-order valence-corrected chi connectivity index (χ2v) is 6.35. The lowest BCUT2D eigenvalue weighted by Gasteiger charge is -2.07. The van der Waals surface area contributed by atoms with Crippen molar-refractivity contribution in [3.63, 3.8) is 0 Å². The molecule has 27 heavy (non-hydrogen) atoms. The van der Waals surface area contributed by atoms with Gasteiger partial charge in [0.1, 0.15) is 0 Å². The zero-order chi connectivity index (χ0) is 20.3. The first-order valence-corrected chi connectivity index (χ1v) is 9.85. The van der Waals surface area contributed by atoms with Gasteiger partial charge >= 0.3 is 0 Å². The molecule has 0 heterocycles. The van der Waals surface area contributed by atoms with Gasteiger partial charge in [-0.2, -0.15) is 0 Å². The van der Waals surface area contributed by atoms with Crippen LogP contribution in [-0.2, 0) is 20.8 Å². The Morgan fingerprint density at radius 2 is 1.52 bits per heavy atom. The molecule has 0 aliphatic rings. The third kappa shape index (κ3) is 16.8. The summed E-state index contributed by atoms with van der Waals surface area (Å²) in [6.45, 7) is 4.56. The maximum absolute atomic E-state index is 11.6. The molecular formula is C21H35N3O3. The van der Waals surface area contributed by atoms with Crippen LogP contribution in [0.5, 0.6) is 0 Å². The van der Waals surface area contributed by atoms with Crippen LogP contribution >= 0.6 is 0 Å². The van der Waals surface area contributed by atoms with Crippen molar-refractivity contribution in [1.29, 1.82) is 0 Å². The lowest BCUT2D eigenvalue weighted by Crippen LogP contribution is -2.37. The van der Waals surface area contributed by atoms with E-state index in [2.05, 4.69) is 23.3 Å². The summed E-state index contributed by atoms with van der Waals surface area (Å²) >= 11 is 0. The second kappa shape index (κ2) is 17.1. The maximum atomic E-state index is 11.6. The van der Waals surface area contributed by atoms with E-state index < -0.39 is 0 Å². The highest BCUT2D eigenvalue weighted by atomic mass is 16.2. The lowest BCUT2D eigenvalue weighted by atomic mass is 10.1. The Morgan fingerprint density at radius 1 is 0.889 bits per heavy atom. The Morgan fingerprint density at radius 3 is 2.11 bits per heavy atom. The molecular weight excluding hydrogens is 342 g/mol. The molecule has 0 saturated heterocycles. The normalized spacial score (nSPS) is 9.70. The fraction of sp³-hybridized carbons (Fsp3) is 0.571. The first kappa shape index (κ1) is 24.6. The molecule has 0 bridgehead atoms. The van der Waals surface area contributed by atoms with Gasteiger partial charge < -0.3 is 16.4 Å². The fourth-order valence-electron chi connectivity index (χ4n) is 2.21. The second-order valence-electron chi connectivity index (χ2n) is 6.35. The molecule has 1 aromatic carbocycles. The highest BCUT2D eigenvalue weighted by Crippen LogP contribution is 2.04. The molecule has 6 nitrogen and oxygen atoms in total. The highest BCUT2D eigenvalue weighted by molar-refractivity contribution is 5.84. The van der Waals surface area contributed by atoms with E-state index in [4.69, 9.17) is 0 Å². The van der Waals surface area contributed by atoms with Crippen molar-refractivity contribution in [2.75, 3.05) is 13.1 Å². The number of carbonyl (C=O) groups excluding carboxylic acids is 3. The number of nitrogens with two attached hydrogens (primary N) is 1. The molecule has 0 aromatic heterocycles. The molecule has 0 unspecified atom stereocenters. The van der Waals surface area contributed by atoms with Gasteiger partial charge in [0.2, 0.25) is 17.7 Å². The van der Waals surface area contributed by atoms with Crippen molar-refractivity contribution in [2.24, 2.45) is 5.73 Å². The summed E-state index contributed by atoms with van der Waals surface area (Å²) in [4.78, 5) is 32.8. The topological polar surface area (TPSA) is 101 Å². The zero-order valence-corrected chi connectivity index (χ0v) is 16.8. The minimum absolute atomic E-state index is 0.0327. The first-order chi connectivity index (χ1) is 13.0. The van der Waals surface area contributed by atoms with Gasteiger partial charge in [-0.25, -0.2) is 0 Å². The van der Waals surface area contributed by atoms with E-state index in [0.717, 1.165) is 19.3 Å². The summed E-state index contributed by atoms with van der Waals surface area (Å²) in [5, 5.41) is 5.49. The molecule has 0 saturated carbocycles. The van der Waals surface area contributed by atoms with Crippen LogP contribution in [0.2, 0.25) is 0 Å². The van der Waals surface area contributed by atoms with Crippen molar-refractivity contribution in [2.45, 2.75) is 65.2 Å². The highest BCUT2D eigenvalue weighted by Gasteiger charge is 2.05. The summed E-state index contributed by atoms with van der Waals surface area (Å²) in [6.07, 6.45) is 7.37. The van der Waals surface area contributed by atoms with Gasteiger partial charge in [0.25, 0.3) is 0 Å². The summed E-state index contributed by atoms with van der Waals surface area (Å²) in [7, 11) is 0. The number of benzene rings is 1. The molecule has 1 aromatic rings. The number of hydrogen-bond acceptors (Lipinski definition) is 3. The number of amides is 3. The maximum Gasteiger partial charge on any atom is 0.239 e. The molecule has 3 amide bonds. The molecule has 0 atom stereocenters. The van der Waals surface area contributed by atoms with Gasteiger partial charge in [-0.3, -0.25) is 14.4 Å². The molecule has 0 radical (unpaired) electrons. The SMILES string of the molecule is CCC(N)=O.CCCCCCCC(=O)NCC(=O)NCCc1ccccc1. The number of nitrogens with one attached hydrogen (secondary N) is 2. The van der Waals surface area contributed by atoms with E-state index in [9.17, 15) is 14.4 Å². The Bertz CT molecular complexity index is 533. The van der Waals surface area contributed by atoms with Crippen LogP contribution in [0.3, 0.4) is 0 Å². The van der Waals surface area contributed by atoms with Gasteiger partial charge in [-0.1, -0.05) is 69.9 Å². The number of primary amides is 1. The van der Waals surface area contributed by atoms with Crippen molar-refractivity contribution in [1.82, 2.24) is 10.6 Å². The van der Waals surface area contributed by atoms with E-state index in [0.29, 0.717) is 19.4 Å². The summed E-state index contributed by atoms with van der Waals surface area (Å²) in [6, 6.07) is 10.0. The Labute approximate surface area is 163 Å². The van der Waals surface area contributed by atoms with Crippen molar-refractivity contribution in [3.05, 3.63) is 35.9 Å². The number of carbonyl (C=O) groups is 3. The van der Waals surface area contributed by atoms with Crippen molar-refractivity contribution in [3.8, 4) is 0 Å². The first-order valence-electron chi connectivity index (χ1n) is 9.85. The molecule has 0 fully saturated rings. The van der Waals surface area contributed by atoms with E-state index in [1.54, 1.807) is 6.92 Å². The van der Waals surface area contributed by atoms with Gasteiger partial charge in [0, 0.05) is 19.4 Å². The summed E-state index contributed by atoms with van der Waals surface area (Å²) in [5.74, 6) is -0.407. The van der Waals surface area contributed by atoms with Crippen LogP contribution in [0.25, 0.3) is 0 Å². The number of rotatable bonds is 12. The third-order valence-electron chi connectivity index (χ3n) is 3.88. The predicted octanol–water partition coefficient (Wildman–Crippen LogP) is 2.70. The smallest absolute Gasteiger partial charge is 0.239 e.